The molecule has 4 heteroatoms. The summed E-state index contributed by atoms with van der Waals surface area (Å²) in [6.45, 7) is 0. The number of rotatable bonds is 3. The molecule has 0 aliphatic rings. The fourth-order valence-electron chi connectivity index (χ4n) is 1.51. The summed E-state index contributed by atoms with van der Waals surface area (Å²) in [4.78, 5) is 0.325. The highest BCUT2D eigenvalue weighted by molar-refractivity contribution is 9.10. The van der Waals surface area contributed by atoms with Crippen LogP contribution in [-0.2, 0) is 9.84 Å². The van der Waals surface area contributed by atoms with Gasteiger partial charge in [-0.05, 0) is 17.7 Å². The van der Waals surface area contributed by atoms with Gasteiger partial charge in [0.15, 0.2) is 9.84 Å². The third-order valence-electron chi connectivity index (χ3n) is 2.41. The van der Waals surface area contributed by atoms with Crippen LogP contribution >= 0.6 is 15.9 Å². The van der Waals surface area contributed by atoms with Crippen LogP contribution in [0.1, 0.15) is 9.72 Å². The first-order valence-corrected chi connectivity index (χ1v) is 7.56. The van der Waals surface area contributed by atoms with Gasteiger partial charge in [-0.15, -0.1) is 0 Å². The van der Waals surface area contributed by atoms with Crippen LogP contribution < -0.4 is 0 Å². The second-order valence-electron chi connectivity index (χ2n) is 3.58. The van der Waals surface area contributed by atoms with E-state index in [-0.39, 0.29) is 0 Å². The molecule has 0 saturated carbocycles. The summed E-state index contributed by atoms with van der Waals surface area (Å²) in [5.74, 6) is 0. The van der Waals surface area contributed by atoms with Gasteiger partial charge in [0.05, 0.1) is 4.90 Å². The van der Waals surface area contributed by atoms with Crippen LogP contribution in [0.15, 0.2) is 65.6 Å². The number of benzene rings is 2. The van der Waals surface area contributed by atoms with E-state index in [0.29, 0.717) is 4.90 Å². The molecule has 0 fully saturated rings. The molecule has 0 aliphatic heterocycles. The fraction of sp³-hybridized carbons (Fsp3) is 0.0769. The molecule has 2 rings (SSSR count). The van der Waals surface area contributed by atoms with Gasteiger partial charge in [0.1, 0.15) is 4.16 Å². The van der Waals surface area contributed by atoms with Crippen molar-refractivity contribution in [2.75, 3.05) is 0 Å². The van der Waals surface area contributed by atoms with Gasteiger partial charge in [-0.25, -0.2) is 8.42 Å². The Morgan fingerprint density at radius 2 is 1.29 bits per heavy atom. The summed E-state index contributed by atoms with van der Waals surface area (Å²) in [6, 6.07) is 17.5. The third-order valence-corrected chi connectivity index (χ3v) is 6.16. The van der Waals surface area contributed by atoms with E-state index in [1.54, 1.807) is 42.5 Å². The first kappa shape index (κ1) is 12.3. The largest absolute Gasteiger partial charge is 0.222 e. The smallest absolute Gasteiger partial charge is 0.195 e. The highest BCUT2D eigenvalue weighted by Gasteiger charge is 2.25. The van der Waals surface area contributed by atoms with E-state index in [1.165, 1.54) is 0 Å². The Balaban J connectivity index is 2.41. The maximum absolute atomic E-state index is 12.3. The SMILES string of the molecule is O=S(=O)(c1ccccc1)[C@H](Br)c1ccccc1. The minimum Gasteiger partial charge on any atom is -0.222 e. The van der Waals surface area contributed by atoms with Crippen LogP contribution in [-0.4, -0.2) is 8.42 Å². The van der Waals surface area contributed by atoms with Crippen LogP contribution in [0.25, 0.3) is 0 Å². The molecule has 2 aromatic carbocycles. The van der Waals surface area contributed by atoms with Gasteiger partial charge in [-0.3, -0.25) is 0 Å². The minimum absolute atomic E-state index is 0.325. The molecule has 0 spiro atoms. The lowest BCUT2D eigenvalue weighted by Crippen LogP contribution is -2.07. The highest BCUT2D eigenvalue weighted by Crippen LogP contribution is 2.33. The molecule has 1 atom stereocenters. The predicted octanol–water partition coefficient (Wildman–Crippen LogP) is 3.55. The van der Waals surface area contributed by atoms with Gasteiger partial charge < -0.3 is 0 Å². The number of alkyl halides is 1. The molecule has 2 aromatic rings. The van der Waals surface area contributed by atoms with Crippen LogP contribution in [0, 0.1) is 0 Å². The van der Waals surface area contributed by atoms with E-state index >= 15 is 0 Å². The van der Waals surface area contributed by atoms with E-state index in [4.69, 9.17) is 0 Å². The fourth-order valence-corrected chi connectivity index (χ4v) is 3.76. The van der Waals surface area contributed by atoms with Crippen molar-refractivity contribution in [3.05, 3.63) is 66.2 Å². The molecular formula is C13H11BrO2S. The van der Waals surface area contributed by atoms with Crippen LogP contribution in [0.5, 0.6) is 0 Å². The molecule has 0 heterocycles. The van der Waals surface area contributed by atoms with Crippen LogP contribution in [0.3, 0.4) is 0 Å². The summed E-state index contributed by atoms with van der Waals surface area (Å²) >= 11 is 3.26. The van der Waals surface area contributed by atoms with E-state index in [9.17, 15) is 8.42 Å². The molecule has 0 unspecified atom stereocenters. The Kier molecular flexibility index (Phi) is 3.64. The number of sulfone groups is 1. The van der Waals surface area contributed by atoms with Crippen molar-refractivity contribution in [2.24, 2.45) is 0 Å². The minimum atomic E-state index is -3.38. The van der Waals surface area contributed by atoms with E-state index in [0.717, 1.165) is 5.56 Å². The lowest BCUT2D eigenvalue weighted by atomic mass is 10.2. The molecule has 0 saturated heterocycles. The number of hydrogen-bond acceptors (Lipinski definition) is 2. The quantitative estimate of drug-likeness (QED) is 0.812. The van der Waals surface area contributed by atoms with E-state index < -0.39 is 14.0 Å². The summed E-state index contributed by atoms with van der Waals surface area (Å²) in [7, 11) is -3.38. The predicted molar refractivity (Wildman–Crippen MR) is 71.7 cm³/mol. The Hall–Kier alpha value is -1.13. The Bertz CT molecular complexity index is 579. The summed E-state index contributed by atoms with van der Waals surface area (Å²) in [5, 5.41) is 0. The number of hydrogen-bond donors (Lipinski definition) is 0. The Labute approximate surface area is 109 Å². The van der Waals surface area contributed by atoms with E-state index in [2.05, 4.69) is 15.9 Å². The van der Waals surface area contributed by atoms with Crippen molar-refractivity contribution >= 4 is 25.8 Å². The zero-order chi connectivity index (χ0) is 12.3. The van der Waals surface area contributed by atoms with Gasteiger partial charge >= 0.3 is 0 Å². The summed E-state index contributed by atoms with van der Waals surface area (Å²) in [6.07, 6.45) is 0. The van der Waals surface area contributed by atoms with Crippen molar-refractivity contribution in [3.63, 3.8) is 0 Å². The first-order chi connectivity index (χ1) is 8.12. The van der Waals surface area contributed by atoms with Crippen molar-refractivity contribution in [1.82, 2.24) is 0 Å². The van der Waals surface area contributed by atoms with E-state index in [1.807, 2.05) is 18.2 Å². The third kappa shape index (κ3) is 2.58. The Morgan fingerprint density at radius 1 is 0.824 bits per heavy atom. The van der Waals surface area contributed by atoms with Crippen molar-refractivity contribution < 1.29 is 8.42 Å². The average Bonchev–Trinajstić information content (AvgIpc) is 2.40. The molecule has 2 nitrogen and oxygen atoms in total. The maximum atomic E-state index is 12.3. The second kappa shape index (κ2) is 5.02. The van der Waals surface area contributed by atoms with Gasteiger partial charge in [0.25, 0.3) is 0 Å². The van der Waals surface area contributed by atoms with Crippen LogP contribution in [0.4, 0.5) is 0 Å². The Morgan fingerprint density at radius 3 is 1.82 bits per heavy atom. The van der Waals surface area contributed by atoms with Crippen molar-refractivity contribution in [3.8, 4) is 0 Å². The summed E-state index contributed by atoms with van der Waals surface area (Å²) < 4.78 is 23.9. The highest BCUT2D eigenvalue weighted by atomic mass is 79.9. The van der Waals surface area contributed by atoms with Gasteiger partial charge in [0.2, 0.25) is 0 Å². The topological polar surface area (TPSA) is 34.1 Å². The van der Waals surface area contributed by atoms with Gasteiger partial charge in [0, 0.05) is 0 Å². The van der Waals surface area contributed by atoms with Gasteiger partial charge in [-0.2, -0.15) is 0 Å². The molecule has 0 aliphatic carbocycles. The molecule has 0 amide bonds. The standard InChI is InChI=1S/C13H11BrO2S/c14-13(11-7-3-1-4-8-11)17(15,16)12-9-5-2-6-10-12/h1-10,13H/t13-/m0/s1. The lowest BCUT2D eigenvalue weighted by Gasteiger charge is -2.11. The lowest BCUT2D eigenvalue weighted by molar-refractivity contribution is 0.595. The van der Waals surface area contributed by atoms with Crippen LogP contribution in [0.2, 0.25) is 0 Å². The first-order valence-electron chi connectivity index (χ1n) is 5.10. The summed E-state index contributed by atoms with van der Waals surface area (Å²) in [5.41, 5.74) is 0.733. The van der Waals surface area contributed by atoms with Crippen molar-refractivity contribution in [1.29, 1.82) is 0 Å². The monoisotopic (exact) mass is 310 g/mol. The maximum Gasteiger partial charge on any atom is 0.195 e. The zero-order valence-electron chi connectivity index (χ0n) is 8.95. The van der Waals surface area contributed by atoms with Gasteiger partial charge in [-0.1, -0.05) is 64.5 Å². The molecule has 0 bridgehead atoms. The zero-order valence-corrected chi connectivity index (χ0v) is 11.4. The molecule has 0 N–H and O–H groups in total. The second-order valence-corrected chi connectivity index (χ2v) is 7.14. The average molecular weight is 311 g/mol. The molecule has 0 radical (unpaired) electrons. The molecule has 0 aromatic heterocycles. The molecule has 88 valence electrons. The molecule has 17 heavy (non-hydrogen) atoms. The normalized spacial score (nSPS) is 13.2. The number of halogens is 1. The molecular weight excluding hydrogens is 300 g/mol. The van der Waals surface area contributed by atoms with Crippen molar-refractivity contribution in [2.45, 2.75) is 9.05 Å².